The molecule has 3 aromatic rings. The lowest BCUT2D eigenvalue weighted by Crippen LogP contribution is -2.32. The van der Waals surface area contributed by atoms with Crippen LogP contribution < -0.4 is 4.90 Å². The molecule has 1 aromatic carbocycles. The van der Waals surface area contributed by atoms with Crippen LogP contribution in [0.5, 0.6) is 0 Å². The van der Waals surface area contributed by atoms with Gasteiger partial charge in [0.1, 0.15) is 5.82 Å². The number of benzene rings is 1. The molecule has 6 nitrogen and oxygen atoms in total. The second kappa shape index (κ2) is 7.82. The fraction of sp³-hybridized carbons (Fsp3) is 0.368. The minimum Gasteiger partial charge on any atom is -0.302 e. The number of thioether (sulfide) groups is 1. The summed E-state index contributed by atoms with van der Waals surface area (Å²) in [7, 11) is 0. The van der Waals surface area contributed by atoms with E-state index in [-0.39, 0.29) is 5.91 Å². The maximum absolute atomic E-state index is 12.8. The standard InChI is InChI=1S/C19H21N5OS2/c1-3-11-24-17(13-9-10-13)21-22-19(24)26-12-16(25)23(4-2)18-20-14-7-5-6-8-15(14)27-18/h3,5-8,13H,1,4,9-12H2,2H3. The average molecular weight is 400 g/mol. The first-order valence-corrected chi connectivity index (χ1v) is 10.8. The van der Waals surface area contributed by atoms with E-state index in [9.17, 15) is 4.79 Å². The lowest BCUT2D eigenvalue weighted by atomic mass is 10.3. The number of aromatic nitrogens is 4. The van der Waals surface area contributed by atoms with Crippen LogP contribution in [0, 0.1) is 0 Å². The fourth-order valence-electron chi connectivity index (χ4n) is 2.95. The monoisotopic (exact) mass is 399 g/mol. The summed E-state index contributed by atoms with van der Waals surface area (Å²) in [4.78, 5) is 19.2. The molecular weight excluding hydrogens is 378 g/mol. The third-order valence-corrected chi connectivity index (χ3v) is 6.47. The topological polar surface area (TPSA) is 63.9 Å². The van der Waals surface area contributed by atoms with Gasteiger partial charge in [-0.1, -0.05) is 41.3 Å². The third kappa shape index (κ3) is 3.77. The molecule has 0 saturated heterocycles. The molecule has 1 fully saturated rings. The van der Waals surface area contributed by atoms with Crippen LogP contribution in [0.15, 0.2) is 42.1 Å². The van der Waals surface area contributed by atoms with Crippen LogP contribution >= 0.6 is 23.1 Å². The van der Waals surface area contributed by atoms with E-state index >= 15 is 0 Å². The minimum atomic E-state index is 0.0303. The Morgan fingerprint density at radius 3 is 2.93 bits per heavy atom. The number of para-hydroxylation sites is 1. The van der Waals surface area contributed by atoms with Crippen molar-refractivity contribution < 1.29 is 4.79 Å². The first-order chi connectivity index (χ1) is 13.2. The van der Waals surface area contributed by atoms with Crippen LogP contribution in [-0.4, -0.2) is 38.0 Å². The Kier molecular flexibility index (Phi) is 5.27. The smallest absolute Gasteiger partial charge is 0.239 e. The maximum atomic E-state index is 12.8. The van der Waals surface area contributed by atoms with Gasteiger partial charge in [0.2, 0.25) is 5.91 Å². The number of carbonyl (C=O) groups excluding carboxylic acids is 1. The van der Waals surface area contributed by atoms with Gasteiger partial charge in [0, 0.05) is 19.0 Å². The summed E-state index contributed by atoms with van der Waals surface area (Å²) in [5.74, 6) is 1.87. The van der Waals surface area contributed by atoms with E-state index < -0.39 is 0 Å². The van der Waals surface area contributed by atoms with Crippen molar-refractivity contribution in [1.82, 2.24) is 19.7 Å². The Balaban J connectivity index is 1.48. The van der Waals surface area contributed by atoms with Crippen molar-refractivity contribution in [3.8, 4) is 0 Å². The number of allylic oxidation sites excluding steroid dienone is 1. The van der Waals surface area contributed by atoms with Crippen molar-refractivity contribution in [2.45, 2.75) is 37.4 Å². The number of fused-ring (bicyclic) bond motifs is 1. The first-order valence-electron chi connectivity index (χ1n) is 9.04. The number of thiazole rings is 1. The molecule has 0 spiro atoms. The molecule has 140 valence electrons. The second-order valence-corrected chi connectivity index (χ2v) is 8.36. The molecule has 0 unspecified atom stereocenters. The van der Waals surface area contributed by atoms with E-state index in [4.69, 9.17) is 0 Å². The van der Waals surface area contributed by atoms with E-state index in [1.54, 1.807) is 16.2 Å². The van der Waals surface area contributed by atoms with Crippen LogP contribution in [0.25, 0.3) is 10.2 Å². The fourth-order valence-corrected chi connectivity index (χ4v) is 4.83. The summed E-state index contributed by atoms with van der Waals surface area (Å²) < 4.78 is 3.17. The zero-order chi connectivity index (χ0) is 18.8. The Morgan fingerprint density at radius 1 is 1.41 bits per heavy atom. The van der Waals surface area contributed by atoms with E-state index in [1.807, 2.05) is 37.3 Å². The van der Waals surface area contributed by atoms with E-state index in [1.165, 1.54) is 24.6 Å². The summed E-state index contributed by atoms with van der Waals surface area (Å²) >= 11 is 2.98. The highest BCUT2D eigenvalue weighted by Crippen LogP contribution is 2.40. The molecule has 0 aliphatic heterocycles. The average Bonchev–Trinajstić information content (AvgIpc) is 3.30. The van der Waals surface area contributed by atoms with Crippen molar-refractivity contribution >= 4 is 44.4 Å². The summed E-state index contributed by atoms with van der Waals surface area (Å²) in [5.41, 5.74) is 0.927. The molecule has 2 heterocycles. The molecular formula is C19H21N5OS2. The van der Waals surface area contributed by atoms with Crippen molar-refractivity contribution in [3.05, 3.63) is 42.7 Å². The van der Waals surface area contributed by atoms with Crippen LogP contribution in [0.3, 0.4) is 0 Å². The van der Waals surface area contributed by atoms with Crippen molar-refractivity contribution in [2.24, 2.45) is 0 Å². The molecule has 2 aromatic heterocycles. The van der Waals surface area contributed by atoms with Crippen LogP contribution in [-0.2, 0) is 11.3 Å². The predicted molar refractivity (Wildman–Crippen MR) is 111 cm³/mol. The second-order valence-electron chi connectivity index (χ2n) is 6.41. The molecule has 1 aliphatic carbocycles. The largest absolute Gasteiger partial charge is 0.302 e. The maximum Gasteiger partial charge on any atom is 0.239 e. The molecule has 1 amide bonds. The quantitative estimate of drug-likeness (QED) is 0.422. The summed E-state index contributed by atoms with van der Waals surface area (Å²) in [6.45, 7) is 7.06. The van der Waals surface area contributed by atoms with Crippen LogP contribution in [0.4, 0.5) is 5.13 Å². The van der Waals surface area contributed by atoms with Crippen molar-refractivity contribution in [3.63, 3.8) is 0 Å². The minimum absolute atomic E-state index is 0.0303. The van der Waals surface area contributed by atoms with Crippen molar-refractivity contribution in [2.75, 3.05) is 17.2 Å². The van der Waals surface area contributed by atoms with Gasteiger partial charge in [0.15, 0.2) is 10.3 Å². The lowest BCUT2D eigenvalue weighted by molar-refractivity contribution is -0.116. The number of nitrogens with zero attached hydrogens (tertiary/aromatic N) is 5. The molecule has 1 saturated carbocycles. The van der Waals surface area contributed by atoms with Crippen molar-refractivity contribution in [1.29, 1.82) is 0 Å². The zero-order valence-corrected chi connectivity index (χ0v) is 16.8. The number of anilines is 1. The number of amides is 1. The molecule has 8 heteroatoms. The highest BCUT2D eigenvalue weighted by molar-refractivity contribution is 7.99. The van der Waals surface area contributed by atoms with E-state index in [0.29, 0.717) is 24.8 Å². The number of carbonyl (C=O) groups is 1. The Morgan fingerprint density at radius 2 is 2.22 bits per heavy atom. The van der Waals surface area contributed by atoms with Gasteiger partial charge in [0.25, 0.3) is 0 Å². The molecule has 0 bridgehead atoms. The Bertz CT molecular complexity index is 943. The Labute approximate surface area is 166 Å². The summed E-state index contributed by atoms with van der Waals surface area (Å²) in [6, 6.07) is 7.95. The predicted octanol–water partition coefficient (Wildman–Crippen LogP) is 4.10. The molecule has 1 aliphatic rings. The molecule has 0 N–H and O–H groups in total. The van der Waals surface area contributed by atoms with Gasteiger partial charge in [-0.2, -0.15) is 0 Å². The third-order valence-electron chi connectivity index (χ3n) is 4.46. The van der Waals surface area contributed by atoms with Gasteiger partial charge in [-0.15, -0.1) is 16.8 Å². The normalized spacial score (nSPS) is 13.8. The van der Waals surface area contributed by atoms with Gasteiger partial charge in [-0.3, -0.25) is 9.69 Å². The molecule has 4 rings (SSSR count). The SMILES string of the molecule is C=CCn1c(SCC(=O)N(CC)c2nc3ccccc3s2)nnc1C1CC1. The first kappa shape index (κ1) is 18.2. The van der Waals surface area contributed by atoms with Gasteiger partial charge in [0.05, 0.1) is 16.0 Å². The van der Waals surface area contributed by atoms with Gasteiger partial charge >= 0.3 is 0 Å². The van der Waals surface area contributed by atoms with Gasteiger partial charge in [-0.25, -0.2) is 4.98 Å². The molecule has 0 radical (unpaired) electrons. The molecule has 0 atom stereocenters. The number of hydrogen-bond donors (Lipinski definition) is 0. The molecule has 27 heavy (non-hydrogen) atoms. The number of hydrogen-bond acceptors (Lipinski definition) is 6. The van der Waals surface area contributed by atoms with Gasteiger partial charge in [-0.05, 0) is 31.9 Å². The summed E-state index contributed by atoms with van der Waals surface area (Å²) in [6.07, 6.45) is 4.18. The number of rotatable bonds is 8. The highest BCUT2D eigenvalue weighted by Gasteiger charge is 2.30. The van der Waals surface area contributed by atoms with Crippen LogP contribution in [0.1, 0.15) is 31.5 Å². The highest BCUT2D eigenvalue weighted by atomic mass is 32.2. The lowest BCUT2D eigenvalue weighted by Gasteiger charge is -2.17. The van der Waals surface area contributed by atoms with Crippen LogP contribution in [0.2, 0.25) is 0 Å². The van der Waals surface area contributed by atoms with E-state index in [0.717, 1.165) is 26.3 Å². The Hall–Kier alpha value is -2.19. The van der Waals surface area contributed by atoms with Gasteiger partial charge < -0.3 is 4.57 Å². The summed E-state index contributed by atoms with van der Waals surface area (Å²) in [5, 5.41) is 10.2. The zero-order valence-electron chi connectivity index (χ0n) is 15.2. The van der Waals surface area contributed by atoms with E-state index in [2.05, 4.69) is 26.3 Å².